The Balaban J connectivity index is 1.89. The highest BCUT2D eigenvalue weighted by Crippen LogP contribution is 2.33. The number of ether oxygens (including phenoxy) is 1. The van der Waals surface area contributed by atoms with Gasteiger partial charge in [0.2, 0.25) is 5.91 Å². The van der Waals surface area contributed by atoms with Crippen LogP contribution >= 0.6 is 15.9 Å². The van der Waals surface area contributed by atoms with Gasteiger partial charge in [0, 0.05) is 41.5 Å². The van der Waals surface area contributed by atoms with Crippen molar-refractivity contribution in [2.45, 2.75) is 38.8 Å². The van der Waals surface area contributed by atoms with E-state index in [0.717, 1.165) is 22.2 Å². The number of benzene rings is 1. The van der Waals surface area contributed by atoms with Gasteiger partial charge in [-0.25, -0.2) is 0 Å². The molecule has 0 fully saturated rings. The van der Waals surface area contributed by atoms with Gasteiger partial charge in [0.05, 0.1) is 6.61 Å². The molecule has 1 aliphatic rings. The highest BCUT2D eigenvalue weighted by Gasteiger charge is 2.21. The van der Waals surface area contributed by atoms with Gasteiger partial charge in [-0.2, -0.15) is 0 Å². The first-order valence-electron chi connectivity index (χ1n) is 7.01. The van der Waals surface area contributed by atoms with Gasteiger partial charge in [0.15, 0.2) is 0 Å². The molecule has 0 saturated heterocycles. The fourth-order valence-electron chi connectivity index (χ4n) is 2.33. The molecule has 20 heavy (non-hydrogen) atoms. The van der Waals surface area contributed by atoms with Crippen molar-refractivity contribution in [1.29, 1.82) is 0 Å². The van der Waals surface area contributed by atoms with Crippen LogP contribution in [0.5, 0.6) is 5.75 Å². The number of carbonyl (C=O) groups excluding carboxylic acids is 1. The summed E-state index contributed by atoms with van der Waals surface area (Å²) >= 11 is 3.49. The molecule has 1 heterocycles. The van der Waals surface area contributed by atoms with E-state index in [9.17, 15) is 4.79 Å². The number of fused-ring (bicyclic) bond motifs is 1. The van der Waals surface area contributed by atoms with Gasteiger partial charge in [-0.1, -0.05) is 15.9 Å². The normalized spacial score (nSPS) is 17.5. The second-order valence-corrected chi connectivity index (χ2v) is 6.21. The van der Waals surface area contributed by atoms with Crippen LogP contribution in [0.25, 0.3) is 0 Å². The Morgan fingerprint density at radius 2 is 2.30 bits per heavy atom. The molecule has 1 aliphatic heterocycles. The van der Waals surface area contributed by atoms with Crippen molar-refractivity contribution in [3.05, 3.63) is 28.2 Å². The second kappa shape index (κ2) is 7.09. The van der Waals surface area contributed by atoms with Crippen molar-refractivity contribution in [3.63, 3.8) is 0 Å². The van der Waals surface area contributed by atoms with Crippen molar-refractivity contribution in [3.8, 4) is 5.75 Å². The molecule has 2 N–H and O–H groups in total. The maximum absolute atomic E-state index is 11.6. The third-order valence-electron chi connectivity index (χ3n) is 3.20. The quantitative estimate of drug-likeness (QED) is 0.866. The number of amides is 1. The monoisotopic (exact) mass is 340 g/mol. The summed E-state index contributed by atoms with van der Waals surface area (Å²) in [6, 6.07) is 6.50. The van der Waals surface area contributed by atoms with E-state index in [1.807, 2.05) is 26.0 Å². The van der Waals surface area contributed by atoms with E-state index >= 15 is 0 Å². The van der Waals surface area contributed by atoms with Crippen LogP contribution in [0.1, 0.15) is 38.3 Å². The van der Waals surface area contributed by atoms with Crippen molar-refractivity contribution >= 4 is 21.8 Å². The van der Waals surface area contributed by atoms with Crippen LogP contribution in [0, 0.1) is 0 Å². The highest BCUT2D eigenvalue weighted by atomic mass is 79.9. The second-order valence-electron chi connectivity index (χ2n) is 5.30. The number of hydrogen-bond donors (Lipinski definition) is 2. The molecule has 4 nitrogen and oxygen atoms in total. The van der Waals surface area contributed by atoms with Crippen LogP contribution < -0.4 is 15.4 Å². The number of hydrogen-bond acceptors (Lipinski definition) is 3. The van der Waals surface area contributed by atoms with Gasteiger partial charge in [-0.05, 0) is 32.0 Å². The summed E-state index contributed by atoms with van der Waals surface area (Å²) in [5.74, 6) is 1.03. The lowest BCUT2D eigenvalue weighted by Crippen LogP contribution is -2.34. The summed E-state index contributed by atoms with van der Waals surface area (Å²) in [6.45, 7) is 5.33. The van der Waals surface area contributed by atoms with E-state index in [0.29, 0.717) is 19.6 Å². The van der Waals surface area contributed by atoms with E-state index in [4.69, 9.17) is 4.74 Å². The van der Waals surface area contributed by atoms with E-state index < -0.39 is 0 Å². The fraction of sp³-hybridized carbons (Fsp3) is 0.533. The predicted octanol–water partition coefficient (Wildman–Crippen LogP) is 2.78. The van der Waals surface area contributed by atoms with Crippen LogP contribution in [0.15, 0.2) is 22.7 Å². The summed E-state index contributed by atoms with van der Waals surface area (Å²) in [5.41, 5.74) is 1.16. The van der Waals surface area contributed by atoms with E-state index in [1.165, 1.54) is 0 Å². The molecule has 1 aromatic carbocycles. The molecule has 0 saturated carbocycles. The van der Waals surface area contributed by atoms with Crippen LogP contribution in [0.4, 0.5) is 0 Å². The Morgan fingerprint density at radius 1 is 1.50 bits per heavy atom. The Bertz CT molecular complexity index is 477. The zero-order valence-corrected chi connectivity index (χ0v) is 13.5. The Labute approximate surface area is 128 Å². The molecule has 1 atom stereocenters. The van der Waals surface area contributed by atoms with Gasteiger partial charge < -0.3 is 15.4 Å². The minimum atomic E-state index is 0.0917. The van der Waals surface area contributed by atoms with Crippen molar-refractivity contribution in [1.82, 2.24) is 10.6 Å². The molecule has 1 aromatic rings. The van der Waals surface area contributed by atoms with Crippen LogP contribution in [0.3, 0.4) is 0 Å². The van der Waals surface area contributed by atoms with Gasteiger partial charge in [-0.3, -0.25) is 4.79 Å². The smallest absolute Gasteiger partial charge is 0.221 e. The number of rotatable bonds is 5. The molecule has 0 bridgehead atoms. The molecule has 5 heteroatoms. The Hall–Kier alpha value is -1.07. The first-order valence-corrected chi connectivity index (χ1v) is 7.80. The van der Waals surface area contributed by atoms with Crippen LogP contribution in [0.2, 0.25) is 0 Å². The van der Waals surface area contributed by atoms with Crippen LogP contribution in [-0.2, 0) is 4.79 Å². The molecule has 0 radical (unpaired) electrons. The lowest BCUT2D eigenvalue weighted by Gasteiger charge is -2.27. The molecule has 0 spiro atoms. The molecule has 1 unspecified atom stereocenters. The molecule has 1 amide bonds. The van der Waals surface area contributed by atoms with E-state index in [1.54, 1.807) is 0 Å². The molecule has 0 aliphatic carbocycles. The molecule has 0 aromatic heterocycles. The molecular formula is C15H21BrN2O2. The molecular weight excluding hydrogens is 320 g/mol. The maximum atomic E-state index is 11.6. The summed E-state index contributed by atoms with van der Waals surface area (Å²) in [4.78, 5) is 11.6. The summed E-state index contributed by atoms with van der Waals surface area (Å²) < 4.78 is 6.70. The van der Waals surface area contributed by atoms with Crippen molar-refractivity contribution < 1.29 is 9.53 Å². The minimum absolute atomic E-state index is 0.0917. The lowest BCUT2D eigenvalue weighted by atomic mass is 10.0. The number of carbonyl (C=O) groups is 1. The molecule has 110 valence electrons. The summed E-state index contributed by atoms with van der Waals surface area (Å²) in [7, 11) is 0. The zero-order valence-electron chi connectivity index (χ0n) is 11.9. The van der Waals surface area contributed by atoms with Crippen molar-refractivity contribution in [2.75, 3.05) is 13.2 Å². The highest BCUT2D eigenvalue weighted by molar-refractivity contribution is 9.10. The number of halogens is 1. The fourth-order valence-corrected chi connectivity index (χ4v) is 2.71. The zero-order chi connectivity index (χ0) is 14.5. The maximum Gasteiger partial charge on any atom is 0.221 e. The average molecular weight is 341 g/mol. The third kappa shape index (κ3) is 4.21. The van der Waals surface area contributed by atoms with Gasteiger partial charge in [0.25, 0.3) is 0 Å². The topological polar surface area (TPSA) is 50.4 Å². The van der Waals surface area contributed by atoms with Gasteiger partial charge in [0.1, 0.15) is 5.75 Å². The van der Waals surface area contributed by atoms with Gasteiger partial charge >= 0.3 is 0 Å². The first-order chi connectivity index (χ1) is 9.56. The summed E-state index contributed by atoms with van der Waals surface area (Å²) in [5, 5.41) is 6.35. The minimum Gasteiger partial charge on any atom is -0.493 e. The van der Waals surface area contributed by atoms with Crippen LogP contribution in [-0.4, -0.2) is 25.1 Å². The van der Waals surface area contributed by atoms with Gasteiger partial charge in [-0.15, -0.1) is 0 Å². The number of nitrogens with one attached hydrogen (secondary N) is 2. The standard InChI is InChI=1S/C15H21BrN2O2/c1-10(2)18-15(19)5-7-17-13-6-8-20-14-4-3-11(16)9-12(13)14/h3-4,9-10,13,17H,5-8H2,1-2H3,(H,18,19). The predicted molar refractivity (Wildman–Crippen MR) is 82.9 cm³/mol. The average Bonchev–Trinajstić information content (AvgIpc) is 2.38. The first kappa shape index (κ1) is 15.3. The Kier molecular flexibility index (Phi) is 5.43. The Morgan fingerprint density at radius 3 is 3.05 bits per heavy atom. The van der Waals surface area contributed by atoms with Crippen molar-refractivity contribution in [2.24, 2.45) is 0 Å². The van der Waals surface area contributed by atoms with E-state index in [2.05, 4.69) is 32.6 Å². The summed E-state index contributed by atoms with van der Waals surface area (Å²) in [6.07, 6.45) is 1.42. The molecule has 2 rings (SSSR count). The SMILES string of the molecule is CC(C)NC(=O)CCNC1CCOc2ccc(Br)cc21. The van der Waals surface area contributed by atoms with E-state index in [-0.39, 0.29) is 18.0 Å². The third-order valence-corrected chi connectivity index (χ3v) is 3.70. The largest absolute Gasteiger partial charge is 0.493 e. The lowest BCUT2D eigenvalue weighted by molar-refractivity contribution is -0.121.